The molecule has 0 aliphatic carbocycles. The van der Waals surface area contributed by atoms with Crippen molar-refractivity contribution in [1.82, 2.24) is 9.80 Å². The number of carbonyl (C=O) groups excluding carboxylic acids is 2. The first-order valence-corrected chi connectivity index (χ1v) is 8.14. The molecule has 1 aromatic rings. The number of hydrogen-bond acceptors (Lipinski definition) is 2. The van der Waals surface area contributed by atoms with E-state index in [0.29, 0.717) is 36.1 Å². The number of rotatable bonds is 4. The summed E-state index contributed by atoms with van der Waals surface area (Å²) in [5.41, 5.74) is 0.934. The lowest BCUT2D eigenvalue weighted by atomic mass is 9.95. The Balaban J connectivity index is 2.05. The normalized spacial score (nSPS) is 18.5. The zero-order valence-corrected chi connectivity index (χ0v) is 14.3. The summed E-state index contributed by atoms with van der Waals surface area (Å²) in [7, 11) is 1.77. The van der Waals surface area contributed by atoms with Gasteiger partial charge in [0.1, 0.15) is 0 Å². The Hall–Kier alpha value is -1.26. The Labute approximate surface area is 141 Å². The standard InChI is InChI=1S/C16H20Cl2N2O2/c1-3-20(10-11-4-5-13(17)14(18)8-11)16(22)12-6-7-19(2)15(21)9-12/h4-5,8,12H,3,6-7,9-10H2,1-2H3. The first kappa shape index (κ1) is 17.1. The number of hydrogen-bond donors (Lipinski definition) is 0. The lowest BCUT2D eigenvalue weighted by Gasteiger charge is -2.32. The highest BCUT2D eigenvalue weighted by atomic mass is 35.5. The van der Waals surface area contributed by atoms with Crippen molar-refractivity contribution in [2.24, 2.45) is 5.92 Å². The maximum atomic E-state index is 12.6. The minimum atomic E-state index is -0.216. The summed E-state index contributed by atoms with van der Waals surface area (Å²) in [4.78, 5) is 27.9. The molecule has 0 N–H and O–H groups in total. The van der Waals surface area contributed by atoms with Gasteiger partial charge in [-0.2, -0.15) is 0 Å². The lowest BCUT2D eigenvalue weighted by molar-refractivity contribution is -0.144. The number of amides is 2. The van der Waals surface area contributed by atoms with Gasteiger partial charge in [0.15, 0.2) is 0 Å². The van der Waals surface area contributed by atoms with Gasteiger partial charge in [0.05, 0.1) is 10.0 Å². The largest absolute Gasteiger partial charge is 0.346 e. The molecule has 6 heteroatoms. The van der Waals surface area contributed by atoms with E-state index in [0.717, 1.165) is 12.0 Å². The van der Waals surface area contributed by atoms with Crippen LogP contribution >= 0.6 is 23.2 Å². The fourth-order valence-electron chi connectivity index (χ4n) is 2.62. The molecule has 22 heavy (non-hydrogen) atoms. The molecule has 1 aliphatic rings. The average Bonchev–Trinajstić information content (AvgIpc) is 2.50. The van der Waals surface area contributed by atoms with E-state index in [4.69, 9.17) is 23.2 Å². The maximum Gasteiger partial charge on any atom is 0.226 e. The van der Waals surface area contributed by atoms with Gasteiger partial charge in [-0.15, -0.1) is 0 Å². The Morgan fingerprint density at radius 1 is 1.36 bits per heavy atom. The highest BCUT2D eigenvalue weighted by Crippen LogP contribution is 2.25. The SMILES string of the molecule is CCN(Cc1ccc(Cl)c(Cl)c1)C(=O)C1CCN(C)C(=O)C1. The van der Waals surface area contributed by atoms with Gasteiger partial charge < -0.3 is 9.80 Å². The fourth-order valence-corrected chi connectivity index (χ4v) is 2.94. The molecule has 0 spiro atoms. The van der Waals surface area contributed by atoms with Gasteiger partial charge >= 0.3 is 0 Å². The molecule has 0 radical (unpaired) electrons. The summed E-state index contributed by atoms with van der Waals surface area (Å²) in [6, 6.07) is 5.38. The number of likely N-dealkylation sites (tertiary alicyclic amines) is 1. The lowest BCUT2D eigenvalue weighted by Crippen LogP contribution is -2.43. The van der Waals surface area contributed by atoms with Crippen molar-refractivity contribution in [2.45, 2.75) is 26.3 Å². The molecule has 120 valence electrons. The molecule has 1 saturated heterocycles. The van der Waals surface area contributed by atoms with Crippen LogP contribution in [0.5, 0.6) is 0 Å². The number of benzene rings is 1. The predicted molar refractivity (Wildman–Crippen MR) is 87.9 cm³/mol. The molecule has 1 unspecified atom stereocenters. The van der Waals surface area contributed by atoms with Crippen LogP contribution in [0.2, 0.25) is 10.0 Å². The van der Waals surface area contributed by atoms with Gasteiger partial charge in [-0.1, -0.05) is 29.3 Å². The van der Waals surface area contributed by atoms with Crippen molar-refractivity contribution in [3.8, 4) is 0 Å². The summed E-state index contributed by atoms with van der Waals surface area (Å²) in [6.45, 7) is 3.65. The highest BCUT2D eigenvalue weighted by molar-refractivity contribution is 6.42. The Morgan fingerprint density at radius 3 is 2.68 bits per heavy atom. The van der Waals surface area contributed by atoms with E-state index in [2.05, 4.69) is 0 Å². The second-order valence-corrected chi connectivity index (χ2v) is 6.42. The third-order valence-corrected chi connectivity index (χ3v) is 4.80. The first-order chi connectivity index (χ1) is 10.4. The molecule has 0 saturated carbocycles. The summed E-state index contributed by atoms with van der Waals surface area (Å²) in [5, 5.41) is 0.984. The number of halogens is 2. The molecular formula is C16H20Cl2N2O2. The van der Waals surface area contributed by atoms with E-state index in [1.165, 1.54) is 0 Å². The second-order valence-electron chi connectivity index (χ2n) is 5.61. The van der Waals surface area contributed by atoms with E-state index in [1.807, 2.05) is 13.0 Å². The molecule has 0 bridgehead atoms. The topological polar surface area (TPSA) is 40.6 Å². The van der Waals surface area contributed by atoms with Gasteiger partial charge in [-0.25, -0.2) is 0 Å². The maximum absolute atomic E-state index is 12.6. The summed E-state index contributed by atoms with van der Waals surface area (Å²) in [5.74, 6) is -0.142. The van der Waals surface area contributed by atoms with Crippen LogP contribution in [-0.2, 0) is 16.1 Å². The minimum Gasteiger partial charge on any atom is -0.346 e. The molecule has 1 fully saturated rings. The van der Waals surface area contributed by atoms with E-state index in [9.17, 15) is 9.59 Å². The average molecular weight is 343 g/mol. The van der Waals surface area contributed by atoms with Crippen molar-refractivity contribution < 1.29 is 9.59 Å². The summed E-state index contributed by atoms with van der Waals surface area (Å²) < 4.78 is 0. The minimum absolute atomic E-state index is 0.0371. The zero-order valence-electron chi connectivity index (χ0n) is 12.8. The third kappa shape index (κ3) is 3.93. The van der Waals surface area contributed by atoms with E-state index in [-0.39, 0.29) is 17.7 Å². The summed E-state index contributed by atoms with van der Waals surface area (Å²) >= 11 is 11.9. The van der Waals surface area contributed by atoms with E-state index < -0.39 is 0 Å². The van der Waals surface area contributed by atoms with Crippen LogP contribution in [0.1, 0.15) is 25.3 Å². The molecule has 1 aliphatic heterocycles. The fraction of sp³-hybridized carbons (Fsp3) is 0.500. The van der Waals surface area contributed by atoms with Gasteiger partial charge in [0, 0.05) is 39.0 Å². The Morgan fingerprint density at radius 2 is 2.09 bits per heavy atom. The molecule has 1 aromatic carbocycles. The number of nitrogens with zero attached hydrogens (tertiary/aromatic N) is 2. The van der Waals surface area contributed by atoms with Crippen LogP contribution in [0.4, 0.5) is 0 Å². The smallest absolute Gasteiger partial charge is 0.226 e. The van der Waals surface area contributed by atoms with Crippen molar-refractivity contribution in [3.05, 3.63) is 33.8 Å². The van der Waals surface area contributed by atoms with Crippen LogP contribution in [0.15, 0.2) is 18.2 Å². The van der Waals surface area contributed by atoms with Crippen LogP contribution in [-0.4, -0.2) is 41.8 Å². The molecule has 1 atom stereocenters. The molecule has 1 heterocycles. The van der Waals surface area contributed by atoms with E-state index >= 15 is 0 Å². The van der Waals surface area contributed by atoms with Crippen molar-refractivity contribution in [1.29, 1.82) is 0 Å². The van der Waals surface area contributed by atoms with Crippen LogP contribution in [0.25, 0.3) is 0 Å². The molecule has 4 nitrogen and oxygen atoms in total. The molecule has 2 amide bonds. The summed E-state index contributed by atoms with van der Waals surface area (Å²) in [6.07, 6.45) is 1.02. The van der Waals surface area contributed by atoms with Crippen molar-refractivity contribution in [2.75, 3.05) is 20.1 Å². The van der Waals surface area contributed by atoms with E-state index in [1.54, 1.807) is 29.0 Å². The number of piperidine rings is 1. The molecule has 2 rings (SSSR count). The number of carbonyl (C=O) groups is 2. The van der Waals surface area contributed by atoms with Crippen molar-refractivity contribution >= 4 is 35.0 Å². The Kier molecular flexibility index (Phi) is 5.70. The van der Waals surface area contributed by atoms with Gasteiger partial charge in [0.25, 0.3) is 0 Å². The van der Waals surface area contributed by atoms with Crippen LogP contribution < -0.4 is 0 Å². The quantitative estimate of drug-likeness (QED) is 0.842. The molecule has 0 aromatic heterocycles. The molecular weight excluding hydrogens is 323 g/mol. The van der Waals surface area contributed by atoms with Crippen LogP contribution in [0.3, 0.4) is 0 Å². The monoisotopic (exact) mass is 342 g/mol. The predicted octanol–water partition coefficient (Wildman–Crippen LogP) is 3.21. The second kappa shape index (κ2) is 7.34. The zero-order chi connectivity index (χ0) is 16.3. The third-order valence-electron chi connectivity index (χ3n) is 4.06. The highest BCUT2D eigenvalue weighted by Gasteiger charge is 2.31. The Bertz CT molecular complexity index is 577. The van der Waals surface area contributed by atoms with Gasteiger partial charge in [-0.05, 0) is 31.0 Å². The van der Waals surface area contributed by atoms with Gasteiger partial charge in [-0.3, -0.25) is 9.59 Å². The van der Waals surface area contributed by atoms with Gasteiger partial charge in [0.2, 0.25) is 11.8 Å². The van der Waals surface area contributed by atoms with Crippen molar-refractivity contribution in [3.63, 3.8) is 0 Å². The first-order valence-electron chi connectivity index (χ1n) is 7.39. The van der Waals surface area contributed by atoms with Crippen LogP contribution in [0, 0.1) is 5.92 Å².